The second-order valence-corrected chi connectivity index (χ2v) is 12.8. The summed E-state index contributed by atoms with van der Waals surface area (Å²) in [5.74, 6) is 0. The Labute approximate surface area is 408 Å². The number of nitrogens with zero attached hydrogens (tertiary/aromatic N) is 8. The van der Waals surface area contributed by atoms with Gasteiger partial charge in [-0.25, -0.2) is 0 Å². The molecule has 4 aromatic heterocycles. The first-order valence-electron chi connectivity index (χ1n) is 18.5. The topological polar surface area (TPSA) is 430 Å². The van der Waals surface area contributed by atoms with E-state index in [2.05, 4.69) is 65.5 Å². The van der Waals surface area contributed by atoms with Crippen LogP contribution in [0.4, 0.5) is 0 Å². The fourth-order valence-corrected chi connectivity index (χ4v) is 6.22. The molecule has 0 radical (unpaired) electrons. The predicted octanol–water partition coefficient (Wildman–Crippen LogP) is 2.53. The normalized spacial score (nSPS) is 16.4. The molecule has 4 atom stereocenters. The molecule has 4 aromatic rings. The zero-order valence-electron chi connectivity index (χ0n) is 35.1. The van der Waals surface area contributed by atoms with Gasteiger partial charge in [-0.15, -0.1) is 0 Å². The van der Waals surface area contributed by atoms with Gasteiger partial charge in [0.25, 0.3) is 0 Å². The van der Waals surface area contributed by atoms with Gasteiger partial charge < -0.3 is 93.5 Å². The molecule has 26 nitrogen and oxygen atoms in total. The van der Waals surface area contributed by atoms with Crippen LogP contribution in [-0.4, -0.2) is 64.4 Å². The predicted molar refractivity (Wildman–Crippen MR) is 228 cm³/mol. The third-order valence-electron chi connectivity index (χ3n) is 8.66. The van der Waals surface area contributed by atoms with Crippen LogP contribution in [0, 0.1) is 61.3 Å². The summed E-state index contributed by atoms with van der Waals surface area (Å²) in [5, 5.41) is 73.8. The second-order valence-electron chi connectivity index (χ2n) is 12.8. The van der Waals surface area contributed by atoms with E-state index in [4.69, 9.17) is 61.3 Å². The van der Waals surface area contributed by atoms with E-state index in [-0.39, 0.29) is 65.5 Å². The number of aromatic nitrogens is 4. The molecule has 6 rings (SSSR count). The SMILES string of the molecule is O=[N+]([O-])[O-].O=[N+]([O-])[O-].O=[N+]([O-])[O-].O=[N+]([O-])[O-].[Cd+2].[Cd+2].[OH3+].[OH3+].c1ccc(CN[C@@H]2CCCC[C@H]2NCc2cccnc2)nc1.c1ccc(CN[C@@H]2CCCC[C@H]2NCc2cccnc2)nc1. The van der Waals surface area contributed by atoms with Gasteiger partial charge in [0.05, 0.1) is 31.7 Å². The molecule has 0 bridgehead atoms. The van der Waals surface area contributed by atoms with Crippen molar-refractivity contribution in [2.24, 2.45) is 0 Å². The molecule has 2 fully saturated rings. The molecular weight excluding hydrogens is 1050 g/mol. The summed E-state index contributed by atoms with van der Waals surface area (Å²) in [6.45, 7) is 3.47. The van der Waals surface area contributed by atoms with Gasteiger partial charge in [-0.05, 0) is 73.2 Å². The van der Waals surface area contributed by atoms with Crippen molar-refractivity contribution in [2.75, 3.05) is 0 Å². The fraction of sp³-hybridized carbons (Fsp3) is 0.444. The molecule has 0 aliphatic heterocycles. The van der Waals surface area contributed by atoms with Crippen LogP contribution in [0.5, 0.6) is 0 Å². The van der Waals surface area contributed by atoms with Gasteiger partial charge in [-0.2, -0.15) is 0 Å². The summed E-state index contributed by atoms with van der Waals surface area (Å²) >= 11 is 0. The van der Waals surface area contributed by atoms with Gasteiger partial charge in [0, 0.05) is 87.5 Å². The maximum absolute atomic E-state index is 8.25. The molecule has 64 heavy (non-hydrogen) atoms. The quantitative estimate of drug-likeness (QED) is 0.0685. The van der Waals surface area contributed by atoms with Crippen LogP contribution < -0.4 is 21.3 Å². The molecule has 0 saturated heterocycles. The number of nitrogens with one attached hydrogen (secondary N) is 4. The minimum Gasteiger partial charge on any atom is -0.457 e. The largest absolute Gasteiger partial charge is 2.00 e. The van der Waals surface area contributed by atoms with E-state index >= 15 is 0 Å². The molecule has 0 amide bonds. The number of hydrogen-bond donors (Lipinski definition) is 4. The Bertz CT molecular complexity index is 1470. The van der Waals surface area contributed by atoms with E-state index in [0.717, 1.165) is 37.6 Å². The summed E-state index contributed by atoms with van der Waals surface area (Å²) in [6, 6.07) is 22.5. The average molecular weight is 1100 g/mol. The summed E-state index contributed by atoms with van der Waals surface area (Å²) in [7, 11) is 0. The molecular formula is C36H54Cd2N12O14+2. The molecule has 344 valence electrons. The summed E-state index contributed by atoms with van der Waals surface area (Å²) < 4.78 is 0. The zero-order chi connectivity index (χ0) is 44.4. The van der Waals surface area contributed by atoms with Crippen LogP contribution in [0.15, 0.2) is 97.8 Å². The van der Waals surface area contributed by atoms with Gasteiger partial charge in [0.2, 0.25) is 0 Å². The van der Waals surface area contributed by atoms with Crippen LogP contribution in [0.3, 0.4) is 0 Å². The minimum absolute atomic E-state index is 0. The van der Waals surface area contributed by atoms with Crippen molar-refractivity contribution in [1.82, 2.24) is 41.2 Å². The summed E-state index contributed by atoms with van der Waals surface area (Å²) in [6.07, 6.45) is 21.4. The Hall–Kier alpha value is -5.00. The Morgan fingerprint density at radius 3 is 0.953 bits per heavy atom. The first-order chi connectivity index (χ1) is 28.8. The fourth-order valence-electron chi connectivity index (χ4n) is 6.22. The Balaban J connectivity index is -0.000000403. The van der Waals surface area contributed by atoms with Crippen LogP contribution in [0.2, 0.25) is 0 Å². The Morgan fingerprint density at radius 2 is 0.719 bits per heavy atom. The van der Waals surface area contributed by atoms with Crippen LogP contribution >= 0.6 is 0 Å². The van der Waals surface area contributed by atoms with Crippen LogP contribution in [0.25, 0.3) is 0 Å². The standard InChI is InChI=1S/2C18H24N4.2Cd.4NO3.2H2O/c2*1-2-9-18(22-14-16-7-3-4-11-20-16)17(8-1)21-13-15-6-5-10-19-12-15;;;4*2-1(3)4;;/h2*3-7,10-12,17-18,21-22H,1-2,8-9,13-14H2;;;;;;;2*1H2/q;;2*+2;4*-1;;/p+2/t2*17-,18-;;;;;;;;/m11......../s1. The second kappa shape index (κ2) is 42.0. The van der Waals surface area contributed by atoms with E-state index in [1.165, 1.54) is 62.5 Å². The van der Waals surface area contributed by atoms with Gasteiger partial charge in [0.1, 0.15) is 0 Å². The van der Waals surface area contributed by atoms with Crippen molar-refractivity contribution < 1.29 is 85.9 Å². The number of hydrogen-bond acceptors (Lipinski definition) is 20. The monoisotopic (exact) mass is 1110 g/mol. The van der Waals surface area contributed by atoms with Crippen molar-refractivity contribution in [3.63, 3.8) is 0 Å². The van der Waals surface area contributed by atoms with Crippen LogP contribution in [0.1, 0.15) is 73.9 Å². The van der Waals surface area contributed by atoms with Gasteiger partial charge >= 0.3 is 54.6 Å². The molecule has 2 aliphatic rings. The molecule has 0 spiro atoms. The third-order valence-corrected chi connectivity index (χ3v) is 8.66. The maximum atomic E-state index is 8.25. The molecule has 2 saturated carbocycles. The van der Waals surface area contributed by atoms with E-state index < -0.39 is 20.3 Å². The zero-order valence-corrected chi connectivity index (χ0v) is 43.2. The van der Waals surface area contributed by atoms with Crippen molar-refractivity contribution in [3.8, 4) is 0 Å². The first kappa shape index (κ1) is 65.6. The molecule has 10 N–H and O–H groups in total. The molecule has 0 aromatic carbocycles. The molecule has 2 aliphatic carbocycles. The van der Waals surface area contributed by atoms with Crippen molar-refractivity contribution in [2.45, 2.75) is 102 Å². The van der Waals surface area contributed by atoms with Crippen molar-refractivity contribution in [3.05, 3.63) is 182 Å². The van der Waals surface area contributed by atoms with Gasteiger partial charge in [-0.1, -0.05) is 49.9 Å². The number of pyridine rings is 4. The van der Waals surface area contributed by atoms with Gasteiger partial charge in [0.15, 0.2) is 0 Å². The van der Waals surface area contributed by atoms with E-state index in [1.807, 2.05) is 73.6 Å². The Morgan fingerprint density at radius 1 is 0.438 bits per heavy atom. The van der Waals surface area contributed by atoms with Crippen molar-refractivity contribution >= 4 is 0 Å². The van der Waals surface area contributed by atoms with Crippen molar-refractivity contribution in [1.29, 1.82) is 0 Å². The minimum atomic E-state index is -1.75. The average Bonchev–Trinajstić information content (AvgIpc) is 3.22. The molecule has 4 heterocycles. The van der Waals surface area contributed by atoms with E-state index in [0.29, 0.717) is 24.2 Å². The maximum Gasteiger partial charge on any atom is 2.00 e. The molecule has 28 heteroatoms. The number of rotatable bonds is 12. The smallest absolute Gasteiger partial charge is 0.457 e. The summed E-state index contributed by atoms with van der Waals surface area (Å²) in [4.78, 5) is 50.1. The molecule has 0 unspecified atom stereocenters. The third kappa shape index (κ3) is 37.5. The van der Waals surface area contributed by atoms with E-state index in [1.54, 1.807) is 0 Å². The van der Waals surface area contributed by atoms with Crippen LogP contribution in [-0.2, 0) is 91.7 Å². The van der Waals surface area contributed by atoms with Gasteiger partial charge in [-0.3, -0.25) is 19.9 Å². The summed E-state index contributed by atoms with van der Waals surface area (Å²) in [5.41, 5.74) is 4.71. The first-order valence-corrected chi connectivity index (χ1v) is 18.5. The Kier molecular flexibility index (Phi) is 43.0. The van der Waals surface area contributed by atoms with E-state index in [9.17, 15) is 0 Å².